The van der Waals surface area contributed by atoms with Gasteiger partial charge in [-0.05, 0) is 24.8 Å². The van der Waals surface area contributed by atoms with E-state index in [0.717, 1.165) is 19.3 Å². The molecule has 20 heavy (non-hydrogen) atoms. The van der Waals surface area contributed by atoms with Gasteiger partial charge in [-0.3, -0.25) is 4.79 Å². The van der Waals surface area contributed by atoms with Crippen LogP contribution in [0, 0.1) is 12.8 Å². The van der Waals surface area contributed by atoms with Crippen LogP contribution in [0.3, 0.4) is 0 Å². The average Bonchev–Trinajstić information content (AvgIpc) is 2.44. The van der Waals surface area contributed by atoms with Crippen LogP contribution >= 0.6 is 11.6 Å². The van der Waals surface area contributed by atoms with Crippen molar-refractivity contribution in [3.63, 3.8) is 0 Å². The summed E-state index contributed by atoms with van der Waals surface area (Å²) < 4.78 is 0. The summed E-state index contributed by atoms with van der Waals surface area (Å²) in [7, 11) is 0. The highest BCUT2D eigenvalue weighted by molar-refractivity contribution is 6.21. The van der Waals surface area contributed by atoms with Crippen LogP contribution in [0.5, 0.6) is 0 Å². The van der Waals surface area contributed by atoms with Crippen LogP contribution in [0.2, 0.25) is 0 Å². The van der Waals surface area contributed by atoms with Crippen LogP contribution in [0.1, 0.15) is 44.2 Å². The quantitative estimate of drug-likeness (QED) is 0.719. The maximum absolute atomic E-state index is 11.8. The number of carbonyl (C=O) groups excluding carboxylic acids is 1. The summed E-state index contributed by atoms with van der Waals surface area (Å²) in [6.45, 7) is 6.92. The van der Waals surface area contributed by atoms with Crippen LogP contribution in [0.15, 0.2) is 24.3 Å². The van der Waals surface area contributed by atoms with E-state index in [1.54, 1.807) is 0 Å². The molecule has 0 aromatic heterocycles. The Hall–Kier alpha value is -1.02. The number of aryl methyl sites for hydroxylation is 2. The Labute approximate surface area is 127 Å². The van der Waals surface area contributed by atoms with E-state index in [4.69, 9.17) is 11.6 Å². The Morgan fingerprint density at radius 2 is 2.00 bits per heavy atom. The van der Waals surface area contributed by atoms with E-state index in [1.165, 1.54) is 11.1 Å². The summed E-state index contributed by atoms with van der Waals surface area (Å²) in [5.74, 6) is 0.567. The van der Waals surface area contributed by atoms with Crippen LogP contribution in [-0.2, 0) is 11.2 Å². The van der Waals surface area contributed by atoms with E-state index in [0.29, 0.717) is 18.9 Å². The lowest BCUT2D eigenvalue weighted by Gasteiger charge is -2.19. The van der Waals surface area contributed by atoms with E-state index in [9.17, 15) is 4.79 Å². The molecule has 0 saturated carbocycles. The number of nitrogens with one attached hydrogen (secondary N) is 1. The number of hydrogen-bond donors (Lipinski definition) is 1. The van der Waals surface area contributed by atoms with Crippen LogP contribution in [-0.4, -0.2) is 17.8 Å². The average molecular weight is 296 g/mol. The van der Waals surface area contributed by atoms with Gasteiger partial charge in [0.05, 0.1) is 5.38 Å². The third-order valence-corrected chi connectivity index (χ3v) is 4.29. The second-order valence-corrected chi connectivity index (χ2v) is 5.95. The van der Waals surface area contributed by atoms with Gasteiger partial charge in [-0.2, -0.15) is 0 Å². The molecular weight excluding hydrogens is 270 g/mol. The Morgan fingerprint density at radius 1 is 1.30 bits per heavy atom. The molecule has 1 rings (SSSR count). The summed E-state index contributed by atoms with van der Waals surface area (Å²) in [5, 5.41) is 2.98. The summed E-state index contributed by atoms with van der Waals surface area (Å²) in [4.78, 5) is 11.8. The summed E-state index contributed by atoms with van der Waals surface area (Å²) in [6, 6.07) is 8.29. The Bertz CT molecular complexity index is 415. The van der Waals surface area contributed by atoms with Gasteiger partial charge in [-0.15, -0.1) is 11.6 Å². The zero-order chi connectivity index (χ0) is 15.0. The molecule has 0 radical (unpaired) electrons. The van der Waals surface area contributed by atoms with E-state index >= 15 is 0 Å². The third kappa shape index (κ3) is 5.96. The first-order chi connectivity index (χ1) is 9.56. The largest absolute Gasteiger partial charge is 0.355 e. The first kappa shape index (κ1) is 17.0. The molecule has 0 fully saturated rings. The fraction of sp³-hybridized carbons (Fsp3) is 0.588. The predicted octanol–water partition coefficient (Wildman–Crippen LogP) is 4.09. The number of benzene rings is 1. The molecule has 0 aliphatic heterocycles. The molecule has 1 N–H and O–H groups in total. The molecule has 0 heterocycles. The van der Waals surface area contributed by atoms with Gasteiger partial charge in [0, 0.05) is 13.0 Å². The number of halogens is 1. The highest BCUT2D eigenvalue weighted by Gasteiger charge is 2.16. The first-order valence-corrected chi connectivity index (χ1v) is 7.96. The zero-order valence-electron chi connectivity index (χ0n) is 12.8. The first-order valence-electron chi connectivity index (χ1n) is 7.53. The molecule has 3 heteroatoms. The second-order valence-electron chi connectivity index (χ2n) is 5.39. The molecule has 1 unspecified atom stereocenters. The van der Waals surface area contributed by atoms with E-state index in [1.807, 2.05) is 6.07 Å². The van der Waals surface area contributed by atoms with Crippen LogP contribution < -0.4 is 5.32 Å². The van der Waals surface area contributed by atoms with Crippen molar-refractivity contribution in [3.8, 4) is 0 Å². The van der Waals surface area contributed by atoms with E-state index < -0.39 is 0 Å². The van der Waals surface area contributed by atoms with Crippen molar-refractivity contribution in [1.29, 1.82) is 0 Å². The molecule has 0 aliphatic carbocycles. The van der Waals surface area contributed by atoms with Crippen LogP contribution in [0.4, 0.5) is 0 Å². The highest BCUT2D eigenvalue weighted by atomic mass is 35.5. The lowest BCUT2D eigenvalue weighted by molar-refractivity contribution is -0.121. The number of hydrogen-bond acceptors (Lipinski definition) is 1. The lowest BCUT2D eigenvalue weighted by Crippen LogP contribution is -2.33. The van der Waals surface area contributed by atoms with Crippen molar-refractivity contribution in [2.45, 2.75) is 51.8 Å². The van der Waals surface area contributed by atoms with Gasteiger partial charge in [-0.1, -0.05) is 56.5 Å². The highest BCUT2D eigenvalue weighted by Crippen LogP contribution is 2.17. The van der Waals surface area contributed by atoms with Gasteiger partial charge in [-0.25, -0.2) is 0 Å². The third-order valence-electron chi connectivity index (χ3n) is 3.78. The monoisotopic (exact) mass is 295 g/mol. The van der Waals surface area contributed by atoms with Crippen LogP contribution in [0.25, 0.3) is 0 Å². The number of amides is 1. The maximum atomic E-state index is 11.8. The Morgan fingerprint density at radius 3 is 2.60 bits per heavy atom. The fourth-order valence-electron chi connectivity index (χ4n) is 2.39. The molecule has 1 amide bonds. The minimum Gasteiger partial charge on any atom is -0.355 e. The maximum Gasteiger partial charge on any atom is 0.220 e. The van der Waals surface area contributed by atoms with Crippen molar-refractivity contribution in [3.05, 3.63) is 35.4 Å². The van der Waals surface area contributed by atoms with Gasteiger partial charge in [0.1, 0.15) is 0 Å². The van der Waals surface area contributed by atoms with Gasteiger partial charge < -0.3 is 5.32 Å². The lowest BCUT2D eigenvalue weighted by atomic mass is 9.99. The van der Waals surface area contributed by atoms with E-state index in [-0.39, 0.29) is 11.3 Å². The van der Waals surface area contributed by atoms with Crippen molar-refractivity contribution in [1.82, 2.24) is 5.32 Å². The number of carbonyl (C=O) groups is 1. The second kappa shape index (κ2) is 9.02. The molecule has 0 aliphatic rings. The minimum atomic E-state index is 0.0351. The minimum absolute atomic E-state index is 0.0351. The fourth-order valence-corrected chi connectivity index (χ4v) is 2.83. The van der Waals surface area contributed by atoms with Crippen molar-refractivity contribution in [2.75, 3.05) is 6.54 Å². The normalized spacial score (nSPS) is 12.4. The molecule has 0 spiro atoms. The standard InChI is InChI=1S/C17H26ClNO/c1-4-15(5-2)16(18)12-19-17(20)10-9-14-8-6-7-13(3)11-14/h6-8,11,15-16H,4-5,9-10,12H2,1-3H3,(H,19,20). The summed E-state index contributed by atoms with van der Waals surface area (Å²) in [5.41, 5.74) is 2.44. The van der Waals surface area contributed by atoms with Crippen molar-refractivity contribution >= 4 is 17.5 Å². The molecule has 1 aromatic carbocycles. The van der Waals surface area contributed by atoms with Gasteiger partial charge in [0.25, 0.3) is 0 Å². The van der Waals surface area contributed by atoms with Crippen molar-refractivity contribution in [2.24, 2.45) is 5.92 Å². The molecule has 0 saturated heterocycles. The molecule has 1 aromatic rings. The van der Waals surface area contributed by atoms with Crippen molar-refractivity contribution < 1.29 is 4.79 Å². The SMILES string of the molecule is CCC(CC)C(Cl)CNC(=O)CCc1cccc(C)c1. The summed E-state index contributed by atoms with van der Waals surface area (Å²) >= 11 is 6.31. The molecule has 112 valence electrons. The topological polar surface area (TPSA) is 29.1 Å². The van der Waals surface area contributed by atoms with Gasteiger partial charge >= 0.3 is 0 Å². The predicted molar refractivity (Wildman–Crippen MR) is 86.2 cm³/mol. The van der Waals surface area contributed by atoms with Gasteiger partial charge in [0.15, 0.2) is 0 Å². The Kier molecular flexibility index (Phi) is 7.68. The Balaban J connectivity index is 2.30. The zero-order valence-corrected chi connectivity index (χ0v) is 13.5. The molecule has 0 bridgehead atoms. The van der Waals surface area contributed by atoms with E-state index in [2.05, 4.69) is 44.3 Å². The summed E-state index contributed by atoms with van der Waals surface area (Å²) in [6.07, 6.45) is 3.43. The molecule has 1 atom stereocenters. The molecule has 2 nitrogen and oxygen atoms in total. The smallest absolute Gasteiger partial charge is 0.220 e. The molecular formula is C17H26ClNO. The van der Waals surface area contributed by atoms with Gasteiger partial charge in [0.2, 0.25) is 5.91 Å². The number of rotatable bonds is 8. The number of alkyl halides is 1.